The maximum absolute atomic E-state index is 12.7. The Morgan fingerprint density at radius 1 is 0.344 bits per heavy atom. The number of rotatable bonds is 44. The molecule has 0 aromatic heterocycles. The van der Waals surface area contributed by atoms with Crippen LogP contribution in [0.2, 0.25) is 0 Å². The number of ether oxygens (including phenoxy) is 3. The van der Waals surface area contributed by atoms with Gasteiger partial charge in [0, 0.05) is 19.3 Å². The van der Waals surface area contributed by atoms with E-state index < -0.39 is 6.10 Å². The molecule has 0 aliphatic carbocycles. The summed E-state index contributed by atoms with van der Waals surface area (Å²) >= 11 is 0. The molecule has 0 aliphatic heterocycles. The number of carbonyl (C=O) groups excluding carboxylic acids is 3. The van der Waals surface area contributed by atoms with Gasteiger partial charge >= 0.3 is 17.9 Å². The molecule has 0 bridgehead atoms. The Bertz CT molecular complexity index is 1200. The lowest BCUT2D eigenvalue weighted by Gasteiger charge is -2.18. The molecule has 61 heavy (non-hydrogen) atoms. The van der Waals surface area contributed by atoms with Gasteiger partial charge in [-0.15, -0.1) is 0 Å². The van der Waals surface area contributed by atoms with Gasteiger partial charge in [-0.2, -0.15) is 0 Å². The zero-order valence-electron chi connectivity index (χ0n) is 39.7. The van der Waals surface area contributed by atoms with Crippen LogP contribution in [-0.2, 0) is 28.6 Å². The monoisotopic (exact) mass is 849 g/mol. The second kappa shape index (κ2) is 49.2. The first kappa shape index (κ1) is 57.6. The van der Waals surface area contributed by atoms with Crippen LogP contribution >= 0.6 is 0 Å². The molecule has 6 nitrogen and oxygen atoms in total. The number of allylic oxidation sites excluding steroid dienone is 14. The largest absolute Gasteiger partial charge is 0.462 e. The number of carbonyl (C=O) groups is 3. The Morgan fingerprint density at radius 3 is 1.10 bits per heavy atom. The highest BCUT2D eigenvalue weighted by Gasteiger charge is 2.19. The summed E-state index contributed by atoms with van der Waals surface area (Å²) in [7, 11) is 0. The summed E-state index contributed by atoms with van der Waals surface area (Å²) < 4.78 is 16.7. The minimum absolute atomic E-state index is 0.102. The molecule has 0 saturated heterocycles. The van der Waals surface area contributed by atoms with Crippen molar-refractivity contribution in [1.82, 2.24) is 0 Å². The molecule has 0 amide bonds. The van der Waals surface area contributed by atoms with Crippen LogP contribution in [0.5, 0.6) is 0 Å². The Hall–Kier alpha value is -3.41. The van der Waals surface area contributed by atoms with Crippen molar-refractivity contribution in [2.75, 3.05) is 13.2 Å². The summed E-state index contributed by atoms with van der Waals surface area (Å²) in [6.45, 7) is 6.42. The van der Waals surface area contributed by atoms with Crippen LogP contribution < -0.4 is 0 Å². The lowest BCUT2D eigenvalue weighted by atomic mass is 10.1. The SMILES string of the molecule is CCC=CCC=CCC=CCCCCCCCC(=O)OCC(COC(=O)CCCC=CCC=CCC=CCC=CCCCCC)OC(=O)CCCCCCCCCCCCC. The number of hydrogen-bond acceptors (Lipinski definition) is 6. The molecule has 6 heteroatoms. The molecule has 0 aromatic carbocycles. The zero-order chi connectivity index (χ0) is 44.4. The number of esters is 3. The zero-order valence-corrected chi connectivity index (χ0v) is 39.7. The lowest BCUT2D eigenvalue weighted by molar-refractivity contribution is -0.167. The first-order valence-electron chi connectivity index (χ1n) is 25.1. The molecule has 0 fully saturated rings. The summed E-state index contributed by atoms with van der Waals surface area (Å²) in [6, 6.07) is 0. The molecular weight excluding hydrogens is 757 g/mol. The van der Waals surface area contributed by atoms with Crippen LogP contribution in [0, 0.1) is 0 Å². The van der Waals surface area contributed by atoms with Crippen molar-refractivity contribution >= 4 is 17.9 Å². The average molecular weight is 849 g/mol. The molecule has 0 saturated carbocycles. The van der Waals surface area contributed by atoms with Gasteiger partial charge in [0.1, 0.15) is 13.2 Å². The molecule has 1 atom stereocenters. The van der Waals surface area contributed by atoms with Crippen molar-refractivity contribution in [2.24, 2.45) is 0 Å². The van der Waals surface area contributed by atoms with Crippen molar-refractivity contribution < 1.29 is 28.6 Å². The third-order valence-corrected chi connectivity index (χ3v) is 10.4. The fourth-order valence-electron chi connectivity index (χ4n) is 6.62. The highest BCUT2D eigenvalue weighted by molar-refractivity contribution is 5.71. The smallest absolute Gasteiger partial charge is 0.306 e. The van der Waals surface area contributed by atoms with Crippen LogP contribution in [0.15, 0.2) is 85.1 Å². The van der Waals surface area contributed by atoms with Crippen molar-refractivity contribution in [3.8, 4) is 0 Å². The minimum Gasteiger partial charge on any atom is -0.462 e. The van der Waals surface area contributed by atoms with E-state index in [0.717, 1.165) is 103 Å². The molecule has 0 aromatic rings. The molecule has 1 unspecified atom stereocenters. The Labute approximate surface area is 375 Å². The number of unbranched alkanes of at least 4 members (excludes halogenated alkanes) is 19. The van der Waals surface area contributed by atoms with Crippen molar-refractivity contribution in [3.05, 3.63) is 85.1 Å². The molecule has 0 radical (unpaired) electrons. The standard InChI is InChI=1S/C55H92O6/c1-4-7-10-13-16-19-22-24-26-27-29-31-34-36-39-42-45-48-54(57)60-51-52(61-55(58)49-46-43-40-37-32-21-18-15-12-9-6-3)50-59-53(56)47-44-41-38-35-33-30-28-25-23-20-17-14-11-8-5-2/h8,11,16-17,19-20,24-26,28-29,31,36,39,52H,4-7,9-10,12-15,18,21-23,27,30,32-35,37-38,40-51H2,1-3H3. The van der Waals surface area contributed by atoms with E-state index in [1.165, 1.54) is 77.0 Å². The van der Waals surface area contributed by atoms with Gasteiger partial charge < -0.3 is 14.2 Å². The van der Waals surface area contributed by atoms with Crippen molar-refractivity contribution in [2.45, 2.75) is 232 Å². The highest BCUT2D eigenvalue weighted by Crippen LogP contribution is 2.14. The summed E-state index contributed by atoms with van der Waals surface area (Å²) in [5.41, 5.74) is 0. The molecule has 0 heterocycles. The van der Waals surface area contributed by atoms with Gasteiger partial charge in [-0.25, -0.2) is 0 Å². The second-order valence-electron chi connectivity index (χ2n) is 16.3. The Balaban J connectivity index is 4.48. The van der Waals surface area contributed by atoms with Crippen LogP contribution in [0.1, 0.15) is 226 Å². The second-order valence-corrected chi connectivity index (χ2v) is 16.3. The lowest BCUT2D eigenvalue weighted by Crippen LogP contribution is -2.30. The minimum atomic E-state index is -0.803. The predicted molar refractivity (Wildman–Crippen MR) is 261 cm³/mol. The molecule has 0 N–H and O–H groups in total. The van der Waals surface area contributed by atoms with Crippen LogP contribution in [0.25, 0.3) is 0 Å². The van der Waals surface area contributed by atoms with Gasteiger partial charge in [0.05, 0.1) is 0 Å². The van der Waals surface area contributed by atoms with Gasteiger partial charge in [0.25, 0.3) is 0 Å². The fraction of sp³-hybridized carbons (Fsp3) is 0.691. The van der Waals surface area contributed by atoms with E-state index >= 15 is 0 Å². The molecule has 0 aliphatic rings. The van der Waals surface area contributed by atoms with E-state index in [9.17, 15) is 14.4 Å². The Kier molecular flexibility index (Phi) is 46.5. The maximum Gasteiger partial charge on any atom is 0.306 e. The molecule has 0 spiro atoms. The number of hydrogen-bond donors (Lipinski definition) is 0. The third-order valence-electron chi connectivity index (χ3n) is 10.4. The summed E-state index contributed by atoms with van der Waals surface area (Å²) in [5, 5.41) is 0. The van der Waals surface area contributed by atoms with E-state index in [1.54, 1.807) is 0 Å². The van der Waals surface area contributed by atoms with Crippen molar-refractivity contribution in [1.29, 1.82) is 0 Å². The fourth-order valence-corrected chi connectivity index (χ4v) is 6.62. The van der Waals surface area contributed by atoms with E-state index in [0.29, 0.717) is 19.3 Å². The molecule has 348 valence electrons. The summed E-state index contributed by atoms with van der Waals surface area (Å²) in [6.07, 6.45) is 62.8. The van der Waals surface area contributed by atoms with Crippen LogP contribution in [0.4, 0.5) is 0 Å². The van der Waals surface area contributed by atoms with Crippen LogP contribution in [0.3, 0.4) is 0 Å². The summed E-state index contributed by atoms with van der Waals surface area (Å²) in [4.78, 5) is 37.9. The van der Waals surface area contributed by atoms with E-state index in [-0.39, 0.29) is 37.5 Å². The first-order valence-corrected chi connectivity index (χ1v) is 25.1. The van der Waals surface area contributed by atoms with Gasteiger partial charge in [0.15, 0.2) is 6.10 Å². The third kappa shape index (κ3) is 47.5. The van der Waals surface area contributed by atoms with Gasteiger partial charge in [-0.05, 0) is 89.9 Å². The van der Waals surface area contributed by atoms with Crippen molar-refractivity contribution in [3.63, 3.8) is 0 Å². The quantitative estimate of drug-likeness (QED) is 0.0263. The van der Waals surface area contributed by atoms with Gasteiger partial charge in [-0.1, -0.05) is 202 Å². The van der Waals surface area contributed by atoms with E-state index in [1.807, 2.05) is 0 Å². The summed E-state index contributed by atoms with van der Waals surface area (Å²) in [5.74, 6) is -0.978. The van der Waals surface area contributed by atoms with Gasteiger partial charge in [-0.3, -0.25) is 14.4 Å². The van der Waals surface area contributed by atoms with E-state index in [4.69, 9.17) is 14.2 Å². The highest BCUT2D eigenvalue weighted by atomic mass is 16.6. The topological polar surface area (TPSA) is 78.9 Å². The van der Waals surface area contributed by atoms with Gasteiger partial charge in [0.2, 0.25) is 0 Å². The average Bonchev–Trinajstić information content (AvgIpc) is 3.26. The Morgan fingerprint density at radius 2 is 0.656 bits per heavy atom. The normalized spacial score (nSPS) is 12.8. The molecular formula is C55H92O6. The van der Waals surface area contributed by atoms with E-state index in [2.05, 4.69) is 106 Å². The first-order chi connectivity index (χ1) is 30.0. The predicted octanol–water partition coefficient (Wildman–Crippen LogP) is 16.4. The molecule has 0 rings (SSSR count). The maximum atomic E-state index is 12.7. The van der Waals surface area contributed by atoms with Crippen LogP contribution in [-0.4, -0.2) is 37.2 Å².